The van der Waals surface area contributed by atoms with Crippen molar-refractivity contribution in [2.24, 2.45) is 13.0 Å². The van der Waals surface area contributed by atoms with E-state index in [9.17, 15) is 4.79 Å². The summed E-state index contributed by atoms with van der Waals surface area (Å²) in [5, 5.41) is 9.85. The fourth-order valence-corrected chi connectivity index (χ4v) is 7.10. The largest absolute Gasteiger partial charge is 0.371 e. The molecule has 0 spiro atoms. The molecule has 1 unspecified atom stereocenters. The van der Waals surface area contributed by atoms with Crippen LogP contribution in [0.2, 0.25) is 0 Å². The van der Waals surface area contributed by atoms with Crippen LogP contribution in [0.15, 0.2) is 24.4 Å². The second-order valence-corrected chi connectivity index (χ2v) is 11.6. The van der Waals surface area contributed by atoms with Crippen LogP contribution in [0.3, 0.4) is 0 Å². The number of rotatable bonds is 6. The Bertz CT molecular complexity index is 1190. The van der Waals surface area contributed by atoms with Gasteiger partial charge >= 0.3 is 0 Å². The first-order chi connectivity index (χ1) is 17.1. The highest BCUT2D eigenvalue weighted by molar-refractivity contribution is 7.11. The zero-order chi connectivity index (χ0) is 23.8. The summed E-state index contributed by atoms with van der Waals surface area (Å²) in [4.78, 5) is 22.0. The van der Waals surface area contributed by atoms with Crippen molar-refractivity contribution < 1.29 is 9.53 Å². The van der Waals surface area contributed by atoms with Crippen LogP contribution in [0, 0.1) is 5.92 Å². The fraction of sp³-hybridized carbons (Fsp3) is 0.593. The van der Waals surface area contributed by atoms with Crippen molar-refractivity contribution in [3.8, 4) is 0 Å². The maximum atomic E-state index is 13.0. The number of ether oxygens (including phenoxy) is 1. The average Bonchev–Trinajstić information content (AvgIpc) is 3.61. The van der Waals surface area contributed by atoms with E-state index < -0.39 is 0 Å². The molecule has 8 heteroatoms. The number of hydrogen-bond donors (Lipinski definition) is 1. The molecule has 0 bridgehead atoms. The van der Waals surface area contributed by atoms with E-state index in [-0.39, 0.29) is 18.1 Å². The molecule has 1 saturated carbocycles. The number of hydrogen-bond acceptors (Lipinski definition) is 6. The SMILES string of the molecule is Cn1cc2c(C(=O)NC3CCC(CCN4CCc5sc(C6CCCO6)nc5C4)CC3)cccc2n1. The van der Waals surface area contributed by atoms with Crippen LogP contribution in [-0.4, -0.2) is 51.3 Å². The number of nitrogens with zero attached hydrogens (tertiary/aromatic N) is 4. The standard InChI is InChI=1S/C27H35N5O2S/c1-31-16-21-20(4-2-5-22(21)30-31)26(33)28-19-9-7-18(8-10-19)11-13-32-14-12-25-23(17-32)29-27(35-25)24-6-3-15-34-24/h2,4-5,16,18-19,24H,3,6-15,17H2,1H3,(H,28,33). The number of amides is 1. The molecule has 7 nitrogen and oxygen atoms in total. The van der Waals surface area contributed by atoms with E-state index in [1.54, 1.807) is 4.68 Å². The van der Waals surface area contributed by atoms with Crippen LogP contribution in [0.4, 0.5) is 0 Å². The Labute approximate surface area is 210 Å². The van der Waals surface area contributed by atoms with Gasteiger partial charge in [-0.2, -0.15) is 5.10 Å². The maximum Gasteiger partial charge on any atom is 0.252 e. The average molecular weight is 494 g/mol. The van der Waals surface area contributed by atoms with Crippen molar-refractivity contribution >= 4 is 28.1 Å². The van der Waals surface area contributed by atoms with Crippen LogP contribution < -0.4 is 5.32 Å². The van der Waals surface area contributed by atoms with Gasteiger partial charge in [-0.3, -0.25) is 14.4 Å². The minimum Gasteiger partial charge on any atom is -0.371 e. The molecule has 1 atom stereocenters. The van der Waals surface area contributed by atoms with Gasteiger partial charge in [0.1, 0.15) is 11.1 Å². The first-order valence-corrected chi connectivity index (χ1v) is 14.0. The second-order valence-electron chi connectivity index (χ2n) is 10.5. The molecule has 4 heterocycles. The third-order valence-electron chi connectivity index (χ3n) is 7.97. The van der Waals surface area contributed by atoms with Gasteiger partial charge in [-0.25, -0.2) is 4.98 Å². The minimum atomic E-state index is 0.0295. The van der Waals surface area contributed by atoms with Gasteiger partial charge in [-0.05, 0) is 76.0 Å². The fourth-order valence-electron chi connectivity index (χ4n) is 5.96. The number of carbonyl (C=O) groups excluding carboxylic acids is 1. The van der Waals surface area contributed by atoms with Crippen LogP contribution in [0.25, 0.3) is 10.9 Å². The zero-order valence-corrected chi connectivity index (χ0v) is 21.4. The van der Waals surface area contributed by atoms with E-state index in [4.69, 9.17) is 9.72 Å². The Hall–Kier alpha value is -2.29. The number of nitrogens with one attached hydrogen (secondary N) is 1. The molecule has 6 rings (SSSR count). The third kappa shape index (κ3) is 5.01. The summed E-state index contributed by atoms with van der Waals surface area (Å²) in [7, 11) is 1.89. The number of aryl methyl sites for hydroxylation is 1. The Morgan fingerprint density at radius 2 is 2.11 bits per heavy atom. The summed E-state index contributed by atoms with van der Waals surface area (Å²) in [6, 6.07) is 6.05. The number of benzene rings is 1. The lowest BCUT2D eigenvalue weighted by Gasteiger charge is -2.32. The normalized spacial score (nSPS) is 25.1. The quantitative estimate of drug-likeness (QED) is 0.543. The lowest BCUT2D eigenvalue weighted by Crippen LogP contribution is -2.38. The number of carbonyl (C=O) groups is 1. The highest BCUT2D eigenvalue weighted by Crippen LogP contribution is 2.35. The summed E-state index contributed by atoms with van der Waals surface area (Å²) < 4.78 is 7.62. The van der Waals surface area contributed by atoms with Gasteiger partial charge in [-0.1, -0.05) is 6.07 Å². The van der Waals surface area contributed by atoms with Gasteiger partial charge in [-0.15, -0.1) is 11.3 Å². The van der Waals surface area contributed by atoms with Crippen molar-refractivity contribution in [3.05, 3.63) is 45.5 Å². The second kappa shape index (κ2) is 9.99. The van der Waals surface area contributed by atoms with Crippen molar-refractivity contribution in [3.63, 3.8) is 0 Å². The van der Waals surface area contributed by atoms with Crippen LogP contribution in [0.1, 0.15) is 77.0 Å². The lowest BCUT2D eigenvalue weighted by molar-refractivity contribution is 0.0921. The minimum absolute atomic E-state index is 0.0295. The first kappa shape index (κ1) is 23.1. The molecule has 186 valence electrons. The van der Waals surface area contributed by atoms with Crippen molar-refractivity contribution in [1.82, 2.24) is 25.0 Å². The van der Waals surface area contributed by atoms with E-state index >= 15 is 0 Å². The van der Waals surface area contributed by atoms with Gasteiger partial charge in [0.25, 0.3) is 5.91 Å². The Kier molecular flexibility index (Phi) is 6.60. The van der Waals surface area contributed by atoms with Gasteiger partial charge in [0.2, 0.25) is 0 Å². The van der Waals surface area contributed by atoms with Gasteiger partial charge in [0.05, 0.1) is 16.8 Å². The van der Waals surface area contributed by atoms with Crippen LogP contribution in [0.5, 0.6) is 0 Å². The Morgan fingerprint density at radius 3 is 2.94 bits per heavy atom. The molecule has 1 aromatic carbocycles. The molecule has 2 aromatic heterocycles. The monoisotopic (exact) mass is 493 g/mol. The van der Waals surface area contributed by atoms with E-state index in [1.807, 2.05) is 42.8 Å². The number of aromatic nitrogens is 3. The molecule has 1 N–H and O–H groups in total. The molecule has 1 saturated heterocycles. The molecular weight excluding hydrogens is 458 g/mol. The van der Waals surface area contributed by atoms with Crippen molar-refractivity contribution in [2.45, 2.75) is 70.1 Å². The lowest BCUT2D eigenvalue weighted by atomic mass is 9.84. The molecule has 1 amide bonds. The smallest absolute Gasteiger partial charge is 0.252 e. The molecule has 3 aromatic rings. The molecule has 2 fully saturated rings. The predicted octanol–water partition coefficient (Wildman–Crippen LogP) is 4.62. The summed E-state index contributed by atoms with van der Waals surface area (Å²) in [5.41, 5.74) is 2.89. The van der Waals surface area contributed by atoms with E-state index in [1.165, 1.54) is 34.8 Å². The summed E-state index contributed by atoms with van der Waals surface area (Å²) in [6.45, 7) is 4.17. The topological polar surface area (TPSA) is 72.3 Å². The maximum absolute atomic E-state index is 13.0. The van der Waals surface area contributed by atoms with Crippen molar-refractivity contribution in [1.29, 1.82) is 0 Å². The van der Waals surface area contributed by atoms with E-state index in [0.29, 0.717) is 0 Å². The van der Waals surface area contributed by atoms with Gasteiger partial charge in [0, 0.05) is 49.2 Å². The van der Waals surface area contributed by atoms with Crippen molar-refractivity contribution in [2.75, 3.05) is 19.7 Å². The highest BCUT2D eigenvalue weighted by atomic mass is 32.1. The van der Waals surface area contributed by atoms with Crippen LogP contribution >= 0.6 is 11.3 Å². The summed E-state index contributed by atoms with van der Waals surface area (Å²) >= 11 is 1.88. The first-order valence-electron chi connectivity index (χ1n) is 13.2. The number of thiazole rings is 1. The molecule has 3 aliphatic rings. The molecular formula is C27H35N5O2S. The number of fused-ring (bicyclic) bond motifs is 2. The molecule has 0 radical (unpaired) electrons. The van der Waals surface area contributed by atoms with E-state index in [0.717, 1.165) is 80.7 Å². The van der Waals surface area contributed by atoms with Gasteiger partial charge < -0.3 is 10.1 Å². The summed E-state index contributed by atoms with van der Waals surface area (Å²) in [6.07, 6.45) is 11.4. The molecule has 2 aliphatic heterocycles. The predicted molar refractivity (Wildman–Crippen MR) is 138 cm³/mol. The molecule has 1 aliphatic carbocycles. The summed E-state index contributed by atoms with van der Waals surface area (Å²) in [5.74, 6) is 0.783. The highest BCUT2D eigenvalue weighted by Gasteiger charge is 2.28. The molecule has 35 heavy (non-hydrogen) atoms. The van der Waals surface area contributed by atoms with E-state index in [2.05, 4.69) is 15.3 Å². The van der Waals surface area contributed by atoms with Gasteiger partial charge in [0.15, 0.2) is 0 Å². The van der Waals surface area contributed by atoms with Crippen LogP contribution in [-0.2, 0) is 24.8 Å². The Morgan fingerprint density at radius 1 is 1.23 bits per heavy atom. The third-order valence-corrected chi connectivity index (χ3v) is 9.22. The zero-order valence-electron chi connectivity index (χ0n) is 20.5. The Balaban J connectivity index is 0.967.